The second kappa shape index (κ2) is 38.7. The van der Waals surface area contributed by atoms with Gasteiger partial charge in [-0.15, -0.1) is 0 Å². The van der Waals surface area contributed by atoms with Gasteiger partial charge in [0.2, 0.25) is 0 Å². The highest BCUT2D eigenvalue weighted by Gasteiger charge is 2.23. The molecule has 0 atom stereocenters. The third-order valence-electron chi connectivity index (χ3n) is 11.0. The summed E-state index contributed by atoms with van der Waals surface area (Å²) in [6, 6.07) is 3.31. The van der Waals surface area contributed by atoms with Crippen molar-refractivity contribution in [3.8, 4) is 0 Å². The van der Waals surface area contributed by atoms with Crippen molar-refractivity contribution in [3.63, 3.8) is 0 Å². The lowest BCUT2D eigenvalue weighted by Crippen LogP contribution is -2.16. The van der Waals surface area contributed by atoms with Crippen LogP contribution in [-0.4, -0.2) is 38.1 Å². The molecule has 0 spiro atoms. The van der Waals surface area contributed by atoms with Gasteiger partial charge in [-0.3, -0.25) is 4.55 Å². The van der Waals surface area contributed by atoms with Crippen molar-refractivity contribution >= 4 is 22.1 Å². The number of hydrogen-bond acceptors (Lipinski definition) is 6. The standard InChI is InChI=1S/C50H86O7S/c1-3-5-7-9-11-13-15-17-19-21-23-25-27-29-31-33-35-37-39-43-56-49(51)47-42-41-46(58(53,54)55)45-48(47)50(52)57-44-40-38-36-34-32-30-28-26-24-22-20-18-16-14-12-10-8-6-4-2/h11-14,41-42,45H,3-10,15-40,43-44H2,1-2H3,(H,53,54,55)/b13-11+,14-12+. The fourth-order valence-electron chi connectivity index (χ4n) is 7.28. The van der Waals surface area contributed by atoms with E-state index < -0.39 is 27.0 Å². The lowest BCUT2D eigenvalue weighted by molar-refractivity contribution is 0.0450. The summed E-state index contributed by atoms with van der Waals surface area (Å²) in [6.45, 7) is 4.89. The van der Waals surface area contributed by atoms with E-state index in [-0.39, 0.29) is 24.3 Å². The second-order valence-electron chi connectivity index (χ2n) is 16.5. The molecule has 1 rings (SSSR count). The molecule has 0 aliphatic rings. The first-order valence-electron chi connectivity index (χ1n) is 24.1. The smallest absolute Gasteiger partial charge is 0.339 e. The first kappa shape index (κ1) is 53.6. The van der Waals surface area contributed by atoms with Crippen LogP contribution in [0.5, 0.6) is 0 Å². The number of benzene rings is 1. The van der Waals surface area contributed by atoms with Crippen molar-refractivity contribution in [2.75, 3.05) is 13.2 Å². The molecule has 0 heterocycles. The first-order valence-corrected chi connectivity index (χ1v) is 25.5. The summed E-state index contributed by atoms with van der Waals surface area (Å²) in [7, 11) is -4.57. The molecule has 334 valence electrons. The minimum absolute atomic E-state index is 0.0580. The van der Waals surface area contributed by atoms with Crippen LogP contribution in [-0.2, 0) is 19.6 Å². The molecule has 1 aromatic rings. The van der Waals surface area contributed by atoms with Gasteiger partial charge in [0.1, 0.15) is 0 Å². The van der Waals surface area contributed by atoms with Crippen LogP contribution in [0.15, 0.2) is 47.4 Å². The summed E-state index contributed by atoms with van der Waals surface area (Å²) < 4.78 is 44.0. The van der Waals surface area contributed by atoms with Gasteiger partial charge in [-0.1, -0.05) is 192 Å². The van der Waals surface area contributed by atoms with Crippen LogP contribution in [0.2, 0.25) is 0 Å². The minimum Gasteiger partial charge on any atom is -0.462 e. The lowest BCUT2D eigenvalue weighted by Gasteiger charge is -2.11. The van der Waals surface area contributed by atoms with Crippen molar-refractivity contribution in [2.45, 2.75) is 237 Å². The van der Waals surface area contributed by atoms with Crippen molar-refractivity contribution in [1.29, 1.82) is 0 Å². The summed E-state index contributed by atoms with van der Waals surface area (Å²) in [5.41, 5.74) is -0.266. The average molecular weight is 831 g/mol. The van der Waals surface area contributed by atoms with E-state index in [1.54, 1.807) is 0 Å². The molecule has 0 fully saturated rings. The van der Waals surface area contributed by atoms with Crippen LogP contribution in [0, 0.1) is 0 Å². The Bertz CT molecular complexity index is 1300. The summed E-state index contributed by atoms with van der Waals surface area (Å²) in [6.07, 6.45) is 50.9. The highest BCUT2D eigenvalue weighted by Crippen LogP contribution is 2.20. The number of ether oxygens (including phenoxy) is 2. The minimum atomic E-state index is -4.57. The molecule has 8 heteroatoms. The summed E-state index contributed by atoms with van der Waals surface area (Å²) in [5, 5.41) is 0. The fourth-order valence-corrected chi connectivity index (χ4v) is 7.78. The Kier molecular flexibility index (Phi) is 35.8. The molecule has 0 bridgehead atoms. The summed E-state index contributed by atoms with van der Waals surface area (Å²) in [4.78, 5) is 25.5. The molecule has 0 saturated heterocycles. The first-order chi connectivity index (χ1) is 28.3. The Morgan fingerprint density at radius 1 is 0.448 bits per heavy atom. The highest BCUT2D eigenvalue weighted by atomic mass is 32.2. The molecule has 0 aromatic heterocycles. The predicted molar refractivity (Wildman–Crippen MR) is 243 cm³/mol. The molecule has 0 aliphatic carbocycles. The van der Waals surface area contributed by atoms with Crippen LogP contribution in [0.25, 0.3) is 0 Å². The van der Waals surface area contributed by atoms with Crippen molar-refractivity contribution in [2.24, 2.45) is 0 Å². The maximum Gasteiger partial charge on any atom is 0.339 e. The van der Waals surface area contributed by atoms with Crippen molar-refractivity contribution in [1.82, 2.24) is 0 Å². The van der Waals surface area contributed by atoms with Gasteiger partial charge >= 0.3 is 11.9 Å². The van der Waals surface area contributed by atoms with Gasteiger partial charge in [-0.05, 0) is 82.4 Å². The Balaban J connectivity index is 2.16. The predicted octanol–water partition coefficient (Wildman–Crippen LogP) is 15.7. The number of carbonyl (C=O) groups is 2. The average Bonchev–Trinajstić information content (AvgIpc) is 3.21. The number of rotatable bonds is 41. The topological polar surface area (TPSA) is 107 Å². The number of unbranched alkanes of at least 4 members (excludes halogenated alkanes) is 30. The Morgan fingerprint density at radius 3 is 1.07 bits per heavy atom. The molecule has 0 saturated carbocycles. The number of hydrogen-bond donors (Lipinski definition) is 1. The van der Waals surface area contributed by atoms with Crippen LogP contribution in [0.4, 0.5) is 0 Å². The van der Waals surface area contributed by atoms with Gasteiger partial charge in [-0.25, -0.2) is 9.59 Å². The van der Waals surface area contributed by atoms with E-state index in [1.165, 1.54) is 179 Å². The zero-order valence-electron chi connectivity index (χ0n) is 37.3. The van der Waals surface area contributed by atoms with Crippen LogP contribution in [0.1, 0.15) is 253 Å². The van der Waals surface area contributed by atoms with Gasteiger partial charge in [-0.2, -0.15) is 8.42 Å². The summed E-state index contributed by atoms with van der Waals surface area (Å²) in [5.74, 6) is -1.49. The Morgan fingerprint density at radius 2 is 0.741 bits per heavy atom. The van der Waals surface area contributed by atoms with Gasteiger partial charge < -0.3 is 9.47 Å². The van der Waals surface area contributed by atoms with Crippen molar-refractivity contribution < 1.29 is 32.0 Å². The quantitative estimate of drug-likeness (QED) is 0.0303. The molecule has 0 aliphatic heterocycles. The maximum absolute atomic E-state index is 13.0. The molecule has 0 unspecified atom stereocenters. The van der Waals surface area contributed by atoms with Crippen LogP contribution < -0.4 is 0 Å². The lowest BCUT2D eigenvalue weighted by atomic mass is 10.0. The van der Waals surface area contributed by atoms with Crippen molar-refractivity contribution in [3.05, 3.63) is 53.6 Å². The highest BCUT2D eigenvalue weighted by molar-refractivity contribution is 7.85. The maximum atomic E-state index is 13.0. The molecule has 58 heavy (non-hydrogen) atoms. The Labute approximate surface area is 356 Å². The molecule has 0 amide bonds. The Hall–Kier alpha value is -2.45. The second-order valence-corrected chi connectivity index (χ2v) is 17.9. The van der Waals surface area contributed by atoms with E-state index in [2.05, 4.69) is 38.2 Å². The number of allylic oxidation sites excluding steroid dienone is 4. The normalized spacial score (nSPS) is 11.9. The summed E-state index contributed by atoms with van der Waals surface area (Å²) >= 11 is 0. The van der Waals surface area contributed by atoms with Crippen LogP contribution >= 0.6 is 0 Å². The SMILES string of the molecule is CCCCC/C=C/CCCCCCCCCCCCCCOC(=O)c1ccc(S(=O)(=O)O)cc1C(=O)OCCCCCCCCCCCCCC/C=C/CCCCC. The zero-order valence-corrected chi connectivity index (χ0v) is 38.1. The van der Waals surface area contributed by atoms with E-state index in [0.717, 1.165) is 50.7 Å². The third-order valence-corrected chi connectivity index (χ3v) is 11.9. The molecule has 7 nitrogen and oxygen atoms in total. The van der Waals surface area contributed by atoms with E-state index >= 15 is 0 Å². The van der Waals surface area contributed by atoms with Gasteiger partial charge in [0.25, 0.3) is 10.1 Å². The van der Waals surface area contributed by atoms with E-state index in [4.69, 9.17) is 9.47 Å². The van der Waals surface area contributed by atoms with E-state index in [0.29, 0.717) is 6.42 Å². The zero-order chi connectivity index (χ0) is 42.2. The fraction of sp³-hybridized carbons (Fsp3) is 0.760. The molecule has 0 radical (unpaired) electrons. The number of esters is 2. The molecule has 1 aromatic carbocycles. The molecular formula is C50H86O7S. The third kappa shape index (κ3) is 31.5. The molecule has 1 N–H and O–H groups in total. The van der Waals surface area contributed by atoms with Gasteiger partial charge in [0.15, 0.2) is 0 Å². The molecular weight excluding hydrogens is 745 g/mol. The van der Waals surface area contributed by atoms with Gasteiger partial charge in [0.05, 0.1) is 29.2 Å². The largest absolute Gasteiger partial charge is 0.462 e. The van der Waals surface area contributed by atoms with E-state index in [1.807, 2.05) is 0 Å². The van der Waals surface area contributed by atoms with Gasteiger partial charge in [0, 0.05) is 0 Å². The van der Waals surface area contributed by atoms with E-state index in [9.17, 15) is 22.6 Å². The number of carbonyl (C=O) groups excluding carboxylic acids is 2. The van der Waals surface area contributed by atoms with Crippen LogP contribution in [0.3, 0.4) is 0 Å². The monoisotopic (exact) mass is 831 g/mol.